The van der Waals surface area contributed by atoms with E-state index in [1.165, 1.54) is 11.3 Å². The average Bonchev–Trinajstić information content (AvgIpc) is 3.23. The number of benzene rings is 1. The summed E-state index contributed by atoms with van der Waals surface area (Å²) in [4.78, 5) is 18.8. The lowest BCUT2D eigenvalue weighted by atomic mass is 10.1. The van der Waals surface area contributed by atoms with Crippen LogP contribution in [0.1, 0.15) is 42.7 Å². The van der Waals surface area contributed by atoms with E-state index in [1.54, 1.807) is 12.3 Å². The standard InChI is InChI=1S/C22H30N4O2/c1-4-26(5-2)18-9-11-20(16(3)13-18)25-17-8-10-21(23-14-17)22(27)24-15-19-7-6-12-28-19/h8-11,13-14,19,25H,4-7,12,15H2,1-3H3,(H,24,27). The van der Waals surface area contributed by atoms with Gasteiger partial charge in [0.05, 0.1) is 18.0 Å². The van der Waals surface area contributed by atoms with Gasteiger partial charge in [0, 0.05) is 37.6 Å². The molecule has 1 aromatic heterocycles. The Labute approximate surface area is 167 Å². The molecule has 2 aromatic rings. The highest BCUT2D eigenvalue weighted by Crippen LogP contribution is 2.25. The summed E-state index contributed by atoms with van der Waals surface area (Å²) in [5.74, 6) is -0.165. The maximum absolute atomic E-state index is 12.2. The predicted octanol–water partition coefficient (Wildman–Crippen LogP) is 3.89. The van der Waals surface area contributed by atoms with Crippen molar-refractivity contribution in [2.45, 2.75) is 39.7 Å². The number of aromatic nitrogens is 1. The Hall–Kier alpha value is -2.60. The van der Waals surface area contributed by atoms with Crippen molar-refractivity contribution >= 4 is 23.0 Å². The highest BCUT2D eigenvalue weighted by molar-refractivity contribution is 5.92. The number of hydrogen-bond donors (Lipinski definition) is 2. The number of pyridine rings is 1. The zero-order valence-electron chi connectivity index (χ0n) is 17.0. The number of anilines is 3. The molecule has 28 heavy (non-hydrogen) atoms. The van der Waals surface area contributed by atoms with Crippen molar-refractivity contribution in [3.63, 3.8) is 0 Å². The number of amides is 1. The molecule has 6 nitrogen and oxygen atoms in total. The molecular weight excluding hydrogens is 352 g/mol. The molecule has 0 spiro atoms. The van der Waals surface area contributed by atoms with Crippen LogP contribution in [0, 0.1) is 6.92 Å². The molecule has 1 aliphatic heterocycles. The van der Waals surface area contributed by atoms with Crippen LogP contribution in [0.2, 0.25) is 0 Å². The molecule has 1 fully saturated rings. The van der Waals surface area contributed by atoms with Gasteiger partial charge in [-0.2, -0.15) is 0 Å². The lowest BCUT2D eigenvalue weighted by molar-refractivity contribution is 0.0854. The lowest BCUT2D eigenvalue weighted by Crippen LogP contribution is -2.32. The summed E-state index contributed by atoms with van der Waals surface area (Å²) in [7, 11) is 0. The van der Waals surface area contributed by atoms with Gasteiger partial charge in [-0.1, -0.05) is 0 Å². The van der Waals surface area contributed by atoms with E-state index in [-0.39, 0.29) is 12.0 Å². The lowest BCUT2D eigenvalue weighted by Gasteiger charge is -2.22. The Kier molecular flexibility index (Phi) is 6.87. The van der Waals surface area contributed by atoms with Gasteiger partial charge in [0.1, 0.15) is 5.69 Å². The number of carbonyl (C=O) groups is 1. The first-order chi connectivity index (χ1) is 13.6. The Bertz CT molecular complexity index is 782. The fourth-order valence-electron chi connectivity index (χ4n) is 3.43. The van der Waals surface area contributed by atoms with Crippen molar-refractivity contribution in [2.75, 3.05) is 36.5 Å². The van der Waals surface area contributed by atoms with Gasteiger partial charge in [0.25, 0.3) is 5.91 Å². The summed E-state index contributed by atoms with van der Waals surface area (Å²) in [6, 6.07) is 10.0. The molecule has 0 aliphatic carbocycles. The maximum atomic E-state index is 12.2. The second kappa shape index (κ2) is 9.55. The van der Waals surface area contributed by atoms with Crippen LogP contribution in [0.4, 0.5) is 17.1 Å². The van der Waals surface area contributed by atoms with Crippen LogP contribution in [0.3, 0.4) is 0 Å². The van der Waals surface area contributed by atoms with Gasteiger partial charge in [-0.05, 0) is 69.5 Å². The van der Waals surface area contributed by atoms with Crippen LogP contribution < -0.4 is 15.5 Å². The first-order valence-electron chi connectivity index (χ1n) is 10.1. The minimum absolute atomic E-state index is 0.132. The summed E-state index contributed by atoms with van der Waals surface area (Å²) in [6.45, 7) is 9.72. The van der Waals surface area contributed by atoms with E-state index in [2.05, 4.69) is 59.5 Å². The van der Waals surface area contributed by atoms with Gasteiger partial charge in [-0.15, -0.1) is 0 Å². The van der Waals surface area contributed by atoms with Crippen LogP contribution in [0.25, 0.3) is 0 Å². The van der Waals surface area contributed by atoms with Gasteiger partial charge in [0.15, 0.2) is 0 Å². The number of ether oxygens (including phenoxy) is 1. The van der Waals surface area contributed by atoms with Crippen LogP contribution >= 0.6 is 0 Å². The number of aryl methyl sites for hydroxylation is 1. The molecule has 2 heterocycles. The van der Waals surface area contributed by atoms with E-state index < -0.39 is 0 Å². The quantitative estimate of drug-likeness (QED) is 0.725. The second-order valence-electron chi connectivity index (χ2n) is 7.07. The topological polar surface area (TPSA) is 66.5 Å². The van der Waals surface area contributed by atoms with Crippen molar-refractivity contribution in [2.24, 2.45) is 0 Å². The third kappa shape index (κ3) is 5.01. The van der Waals surface area contributed by atoms with E-state index in [4.69, 9.17) is 4.74 Å². The Morgan fingerprint density at radius 2 is 2.07 bits per heavy atom. The molecule has 0 radical (unpaired) electrons. The minimum atomic E-state index is -0.165. The third-order valence-corrected chi connectivity index (χ3v) is 5.13. The van der Waals surface area contributed by atoms with Gasteiger partial charge in [0.2, 0.25) is 0 Å². The number of hydrogen-bond acceptors (Lipinski definition) is 5. The zero-order chi connectivity index (χ0) is 19.9. The van der Waals surface area contributed by atoms with E-state index >= 15 is 0 Å². The summed E-state index contributed by atoms with van der Waals surface area (Å²) >= 11 is 0. The monoisotopic (exact) mass is 382 g/mol. The Morgan fingerprint density at radius 3 is 2.68 bits per heavy atom. The van der Waals surface area contributed by atoms with Crippen molar-refractivity contribution < 1.29 is 9.53 Å². The van der Waals surface area contributed by atoms with Crippen molar-refractivity contribution in [3.8, 4) is 0 Å². The Balaban J connectivity index is 1.59. The second-order valence-corrected chi connectivity index (χ2v) is 7.07. The van der Waals surface area contributed by atoms with Gasteiger partial charge < -0.3 is 20.3 Å². The normalized spacial score (nSPS) is 16.0. The minimum Gasteiger partial charge on any atom is -0.376 e. The van der Waals surface area contributed by atoms with E-state index in [0.717, 1.165) is 43.9 Å². The van der Waals surface area contributed by atoms with Gasteiger partial charge in [-0.3, -0.25) is 4.79 Å². The highest BCUT2D eigenvalue weighted by atomic mass is 16.5. The molecular formula is C22H30N4O2. The molecule has 150 valence electrons. The molecule has 1 aliphatic rings. The molecule has 1 aromatic carbocycles. The molecule has 3 rings (SSSR count). The molecule has 1 unspecified atom stereocenters. The first kappa shape index (κ1) is 20.1. The molecule has 1 atom stereocenters. The molecule has 0 saturated carbocycles. The average molecular weight is 383 g/mol. The number of carbonyl (C=O) groups excluding carboxylic acids is 1. The fourth-order valence-corrected chi connectivity index (χ4v) is 3.43. The predicted molar refractivity (Wildman–Crippen MR) is 114 cm³/mol. The van der Waals surface area contributed by atoms with Crippen molar-refractivity contribution in [1.29, 1.82) is 0 Å². The largest absolute Gasteiger partial charge is 0.376 e. The van der Waals surface area contributed by atoms with Crippen molar-refractivity contribution in [3.05, 3.63) is 47.8 Å². The van der Waals surface area contributed by atoms with Crippen LogP contribution in [0.15, 0.2) is 36.5 Å². The molecule has 1 saturated heterocycles. The maximum Gasteiger partial charge on any atom is 0.269 e. The first-order valence-corrected chi connectivity index (χ1v) is 10.1. The van der Waals surface area contributed by atoms with E-state index in [0.29, 0.717) is 12.2 Å². The van der Waals surface area contributed by atoms with E-state index in [1.807, 2.05) is 6.07 Å². The van der Waals surface area contributed by atoms with Gasteiger partial charge >= 0.3 is 0 Å². The van der Waals surface area contributed by atoms with Crippen LogP contribution in [-0.4, -0.2) is 43.2 Å². The molecule has 6 heteroatoms. The highest BCUT2D eigenvalue weighted by Gasteiger charge is 2.17. The van der Waals surface area contributed by atoms with Gasteiger partial charge in [-0.25, -0.2) is 4.98 Å². The summed E-state index contributed by atoms with van der Waals surface area (Å²) in [5, 5.41) is 6.28. The molecule has 2 N–H and O–H groups in total. The van der Waals surface area contributed by atoms with Crippen LogP contribution in [-0.2, 0) is 4.74 Å². The third-order valence-electron chi connectivity index (χ3n) is 5.13. The number of rotatable bonds is 8. The summed E-state index contributed by atoms with van der Waals surface area (Å²) in [6.07, 6.45) is 3.89. The SMILES string of the molecule is CCN(CC)c1ccc(Nc2ccc(C(=O)NCC3CCCO3)nc2)c(C)c1. The zero-order valence-corrected chi connectivity index (χ0v) is 17.0. The summed E-state index contributed by atoms with van der Waals surface area (Å²) < 4.78 is 5.53. The number of nitrogens with zero attached hydrogens (tertiary/aromatic N) is 2. The molecule has 1 amide bonds. The summed E-state index contributed by atoms with van der Waals surface area (Å²) in [5.41, 5.74) is 4.70. The van der Waals surface area contributed by atoms with E-state index in [9.17, 15) is 4.79 Å². The molecule has 0 bridgehead atoms. The smallest absolute Gasteiger partial charge is 0.269 e. The van der Waals surface area contributed by atoms with Crippen LogP contribution in [0.5, 0.6) is 0 Å². The Morgan fingerprint density at radius 1 is 1.25 bits per heavy atom. The number of nitrogens with one attached hydrogen (secondary N) is 2. The fraction of sp³-hybridized carbons (Fsp3) is 0.455. The van der Waals surface area contributed by atoms with Crippen molar-refractivity contribution in [1.82, 2.24) is 10.3 Å².